The van der Waals surface area contributed by atoms with Gasteiger partial charge in [-0.1, -0.05) is 33.8 Å². The second-order valence-electron chi connectivity index (χ2n) is 4.84. The first-order valence-corrected chi connectivity index (χ1v) is 6.07. The van der Waals surface area contributed by atoms with Crippen molar-refractivity contribution in [1.82, 2.24) is 4.98 Å². The van der Waals surface area contributed by atoms with E-state index in [0.717, 1.165) is 17.0 Å². The summed E-state index contributed by atoms with van der Waals surface area (Å²) in [4.78, 5) is 4.34. The van der Waals surface area contributed by atoms with E-state index in [4.69, 9.17) is 0 Å². The number of pyridine rings is 1. The van der Waals surface area contributed by atoms with Crippen molar-refractivity contribution in [3.63, 3.8) is 0 Å². The lowest BCUT2D eigenvalue weighted by molar-refractivity contribution is 0.269. The summed E-state index contributed by atoms with van der Waals surface area (Å²) in [5, 5.41) is 3.37. The van der Waals surface area contributed by atoms with Gasteiger partial charge >= 0.3 is 0 Å². The smallest absolute Gasteiger partial charge is 0.127 e. The van der Waals surface area contributed by atoms with Crippen molar-refractivity contribution in [3.05, 3.63) is 22.8 Å². The van der Waals surface area contributed by atoms with E-state index in [2.05, 4.69) is 53.9 Å². The van der Waals surface area contributed by atoms with Crippen LogP contribution in [-0.4, -0.2) is 11.5 Å². The van der Waals surface area contributed by atoms with E-state index in [1.165, 1.54) is 0 Å². The molecule has 0 aliphatic rings. The molecule has 0 atom stereocenters. The Hall–Kier alpha value is -0.570. The van der Waals surface area contributed by atoms with Crippen LogP contribution in [0.15, 0.2) is 22.8 Å². The van der Waals surface area contributed by atoms with Crippen LogP contribution in [0.1, 0.15) is 27.7 Å². The number of nitrogens with one attached hydrogen (secondary N) is 1. The Morgan fingerprint density at radius 3 is 2.60 bits per heavy atom. The van der Waals surface area contributed by atoms with Crippen molar-refractivity contribution in [2.75, 3.05) is 11.9 Å². The van der Waals surface area contributed by atoms with Crippen LogP contribution in [0, 0.1) is 11.3 Å². The van der Waals surface area contributed by atoms with E-state index in [9.17, 15) is 0 Å². The standard InChI is InChI=1S/C12H19BrN2/c1-9(2)12(3,4)8-14-11-7-5-6-10(13)15-11/h5-7,9H,8H2,1-4H3,(H,14,15). The van der Waals surface area contributed by atoms with Crippen LogP contribution in [0.3, 0.4) is 0 Å². The van der Waals surface area contributed by atoms with Gasteiger partial charge in [-0.2, -0.15) is 0 Å². The lowest BCUT2D eigenvalue weighted by Crippen LogP contribution is -2.28. The van der Waals surface area contributed by atoms with E-state index >= 15 is 0 Å². The molecule has 1 rings (SSSR count). The average molecular weight is 271 g/mol. The summed E-state index contributed by atoms with van der Waals surface area (Å²) in [6, 6.07) is 5.90. The molecule has 0 aromatic carbocycles. The number of aromatic nitrogens is 1. The Bertz CT molecular complexity index is 321. The van der Waals surface area contributed by atoms with Crippen LogP contribution in [0.4, 0.5) is 5.82 Å². The third-order valence-corrected chi connectivity index (χ3v) is 3.44. The topological polar surface area (TPSA) is 24.9 Å². The van der Waals surface area contributed by atoms with Gasteiger partial charge in [-0.3, -0.25) is 0 Å². The van der Waals surface area contributed by atoms with Crippen molar-refractivity contribution >= 4 is 21.7 Å². The minimum absolute atomic E-state index is 0.282. The molecule has 0 amide bonds. The number of halogens is 1. The summed E-state index contributed by atoms with van der Waals surface area (Å²) in [7, 11) is 0. The molecule has 0 aliphatic heterocycles. The van der Waals surface area contributed by atoms with E-state index in [-0.39, 0.29) is 5.41 Å². The first-order valence-electron chi connectivity index (χ1n) is 5.28. The lowest BCUT2D eigenvalue weighted by Gasteiger charge is -2.29. The molecule has 3 heteroatoms. The number of nitrogens with zero attached hydrogens (tertiary/aromatic N) is 1. The highest BCUT2D eigenvalue weighted by Crippen LogP contribution is 2.26. The van der Waals surface area contributed by atoms with Gasteiger partial charge in [0.25, 0.3) is 0 Å². The van der Waals surface area contributed by atoms with Crippen molar-refractivity contribution in [2.45, 2.75) is 27.7 Å². The van der Waals surface area contributed by atoms with Crippen molar-refractivity contribution in [2.24, 2.45) is 11.3 Å². The highest BCUT2D eigenvalue weighted by Gasteiger charge is 2.21. The molecular formula is C12H19BrN2. The van der Waals surface area contributed by atoms with Gasteiger partial charge < -0.3 is 5.32 Å². The van der Waals surface area contributed by atoms with Crippen molar-refractivity contribution in [1.29, 1.82) is 0 Å². The molecule has 1 aromatic rings. The fraction of sp³-hybridized carbons (Fsp3) is 0.583. The summed E-state index contributed by atoms with van der Waals surface area (Å²) in [6.45, 7) is 9.96. The molecule has 0 bridgehead atoms. The fourth-order valence-corrected chi connectivity index (χ4v) is 1.37. The van der Waals surface area contributed by atoms with Gasteiger partial charge in [0.05, 0.1) is 0 Å². The van der Waals surface area contributed by atoms with Crippen LogP contribution in [-0.2, 0) is 0 Å². The van der Waals surface area contributed by atoms with Crippen LogP contribution < -0.4 is 5.32 Å². The molecule has 0 unspecified atom stereocenters. The van der Waals surface area contributed by atoms with E-state index in [0.29, 0.717) is 5.92 Å². The number of rotatable bonds is 4. The molecule has 0 saturated carbocycles. The van der Waals surface area contributed by atoms with Crippen LogP contribution >= 0.6 is 15.9 Å². The van der Waals surface area contributed by atoms with Gasteiger partial charge in [0.2, 0.25) is 0 Å². The van der Waals surface area contributed by atoms with Gasteiger partial charge in [0.1, 0.15) is 10.4 Å². The summed E-state index contributed by atoms with van der Waals surface area (Å²) in [5.74, 6) is 1.58. The molecule has 0 saturated heterocycles. The quantitative estimate of drug-likeness (QED) is 0.839. The zero-order valence-electron chi connectivity index (χ0n) is 9.84. The maximum Gasteiger partial charge on any atom is 0.127 e. The number of hydrogen-bond donors (Lipinski definition) is 1. The molecule has 1 aromatic heterocycles. The predicted molar refractivity (Wildman–Crippen MR) is 69.0 cm³/mol. The van der Waals surface area contributed by atoms with Gasteiger partial charge in [0.15, 0.2) is 0 Å². The van der Waals surface area contributed by atoms with Gasteiger partial charge in [-0.25, -0.2) is 4.98 Å². The monoisotopic (exact) mass is 270 g/mol. The Kier molecular flexibility index (Phi) is 4.14. The highest BCUT2D eigenvalue weighted by molar-refractivity contribution is 9.10. The maximum atomic E-state index is 4.34. The van der Waals surface area contributed by atoms with Gasteiger partial charge in [-0.15, -0.1) is 0 Å². The second kappa shape index (κ2) is 4.97. The number of anilines is 1. The van der Waals surface area contributed by atoms with Crippen LogP contribution in [0.25, 0.3) is 0 Å². The van der Waals surface area contributed by atoms with Crippen LogP contribution in [0.2, 0.25) is 0 Å². The molecule has 0 fully saturated rings. The minimum Gasteiger partial charge on any atom is -0.369 e. The second-order valence-corrected chi connectivity index (χ2v) is 5.65. The summed E-state index contributed by atoms with van der Waals surface area (Å²) in [6.07, 6.45) is 0. The third-order valence-electron chi connectivity index (χ3n) is 3.00. The first kappa shape index (κ1) is 12.5. The molecule has 1 heterocycles. The highest BCUT2D eigenvalue weighted by atomic mass is 79.9. The van der Waals surface area contributed by atoms with E-state index in [1.54, 1.807) is 0 Å². The third kappa shape index (κ3) is 3.82. The summed E-state index contributed by atoms with van der Waals surface area (Å²) >= 11 is 3.36. The summed E-state index contributed by atoms with van der Waals surface area (Å²) in [5.41, 5.74) is 0.282. The van der Waals surface area contributed by atoms with Gasteiger partial charge in [-0.05, 0) is 39.4 Å². The number of hydrogen-bond acceptors (Lipinski definition) is 2. The predicted octanol–water partition coefficient (Wildman–Crippen LogP) is 3.94. The molecule has 0 aliphatic carbocycles. The molecule has 1 N–H and O–H groups in total. The van der Waals surface area contributed by atoms with Crippen molar-refractivity contribution in [3.8, 4) is 0 Å². The average Bonchev–Trinajstić information content (AvgIpc) is 2.15. The molecule has 84 valence electrons. The SMILES string of the molecule is CC(C)C(C)(C)CNc1cccc(Br)n1. The molecule has 2 nitrogen and oxygen atoms in total. The van der Waals surface area contributed by atoms with Crippen LogP contribution in [0.5, 0.6) is 0 Å². The van der Waals surface area contributed by atoms with Gasteiger partial charge in [0, 0.05) is 6.54 Å². The zero-order valence-corrected chi connectivity index (χ0v) is 11.4. The normalized spacial score (nSPS) is 11.9. The molecule has 15 heavy (non-hydrogen) atoms. The zero-order chi connectivity index (χ0) is 11.5. The Balaban J connectivity index is 2.57. The Morgan fingerprint density at radius 1 is 1.40 bits per heavy atom. The van der Waals surface area contributed by atoms with E-state index < -0.39 is 0 Å². The summed E-state index contributed by atoms with van der Waals surface area (Å²) < 4.78 is 0.870. The minimum atomic E-state index is 0.282. The molecule has 0 spiro atoms. The Labute approximate surface area is 101 Å². The fourth-order valence-electron chi connectivity index (χ4n) is 1.03. The maximum absolute atomic E-state index is 4.34. The molecular weight excluding hydrogens is 252 g/mol. The van der Waals surface area contributed by atoms with E-state index in [1.807, 2.05) is 18.2 Å². The largest absolute Gasteiger partial charge is 0.369 e. The Morgan fingerprint density at radius 2 is 2.07 bits per heavy atom. The first-order chi connectivity index (χ1) is 6.92. The molecule has 0 radical (unpaired) electrons. The lowest BCUT2D eigenvalue weighted by atomic mass is 9.81. The van der Waals surface area contributed by atoms with Crippen molar-refractivity contribution < 1.29 is 0 Å².